The van der Waals surface area contributed by atoms with Gasteiger partial charge in [0.25, 0.3) is 21.8 Å². The molecule has 0 fully saturated rings. The van der Waals surface area contributed by atoms with Crippen molar-refractivity contribution >= 4 is 33.4 Å². The standard InChI is InChI=1S/C18H20ClN3O5S/c1-22(27-2)28(25,26)14-9-7-13(8-10-14)17(23)20-11-12-21-18(24)15-5-3-4-6-16(15)19/h3-10H,11-12H2,1-2H3,(H,20,23)(H,21,24). The molecule has 0 aliphatic rings. The lowest BCUT2D eigenvalue weighted by atomic mass is 10.2. The molecule has 0 aliphatic heterocycles. The highest BCUT2D eigenvalue weighted by molar-refractivity contribution is 7.89. The fourth-order valence-corrected chi connectivity index (χ4v) is 3.41. The maximum Gasteiger partial charge on any atom is 0.264 e. The molecule has 150 valence electrons. The van der Waals surface area contributed by atoms with Crippen LogP contribution in [0.2, 0.25) is 5.02 Å². The quantitative estimate of drug-likeness (QED) is 0.494. The molecule has 0 saturated carbocycles. The summed E-state index contributed by atoms with van der Waals surface area (Å²) in [6, 6.07) is 12.1. The van der Waals surface area contributed by atoms with Crippen molar-refractivity contribution in [3.8, 4) is 0 Å². The number of amides is 2. The van der Waals surface area contributed by atoms with E-state index in [1.165, 1.54) is 38.4 Å². The monoisotopic (exact) mass is 425 g/mol. The molecule has 0 aromatic heterocycles. The first kappa shape index (κ1) is 21.8. The third-order valence-corrected chi connectivity index (χ3v) is 5.85. The summed E-state index contributed by atoms with van der Waals surface area (Å²) in [5.41, 5.74) is 0.643. The maximum atomic E-state index is 12.1. The van der Waals surface area contributed by atoms with E-state index in [1.807, 2.05) is 0 Å². The zero-order valence-electron chi connectivity index (χ0n) is 15.3. The van der Waals surface area contributed by atoms with Crippen molar-refractivity contribution in [1.29, 1.82) is 0 Å². The largest absolute Gasteiger partial charge is 0.350 e. The Balaban J connectivity index is 1.87. The molecule has 0 spiro atoms. The highest BCUT2D eigenvalue weighted by atomic mass is 35.5. The Morgan fingerprint density at radius 3 is 2.14 bits per heavy atom. The highest BCUT2D eigenvalue weighted by Crippen LogP contribution is 2.15. The summed E-state index contributed by atoms with van der Waals surface area (Å²) in [4.78, 5) is 28.8. The maximum absolute atomic E-state index is 12.1. The van der Waals surface area contributed by atoms with Crippen molar-refractivity contribution in [2.45, 2.75) is 4.90 Å². The molecule has 2 N–H and O–H groups in total. The lowest BCUT2D eigenvalue weighted by Gasteiger charge is -2.14. The van der Waals surface area contributed by atoms with Gasteiger partial charge in [0.15, 0.2) is 0 Å². The number of nitrogens with zero attached hydrogens (tertiary/aromatic N) is 1. The predicted octanol–water partition coefficient (Wildman–Crippen LogP) is 1.68. The number of carbonyl (C=O) groups excluding carboxylic acids is 2. The summed E-state index contributed by atoms with van der Waals surface area (Å²) in [5, 5.41) is 5.64. The SMILES string of the molecule is CON(C)S(=O)(=O)c1ccc(C(=O)NCCNC(=O)c2ccccc2Cl)cc1. The van der Waals surface area contributed by atoms with Gasteiger partial charge in [0.1, 0.15) is 0 Å². The number of hydrogen-bond donors (Lipinski definition) is 2. The Labute approximate surface area is 168 Å². The highest BCUT2D eigenvalue weighted by Gasteiger charge is 2.20. The van der Waals surface area contributed by atoms with Gasteiger partial charge in [-0.15, -0.1) is 0 Å². The molecule has 2 aromatic rings. The van der Waals surface area contributed by atoms with E-state index in [0.29, 0.717) is 10.6 Å². The fraction of sp³-hybridized carbons (Fsp3) is 0.222. The summed E-state index contributed by atoms with van der Waals surface area (Å²) in [6.07, 6.45) is 0. The number of sulfonamides is 1. The molecule has 0 aliphatic carbocycles. The number of carbonyl (C=O) groups is 2. The third kappa shape index (κ3) is 5.29. The van der Waals surface area contributed by atoms with E-state index in [1.54, 1.807) is 24.3 Å². The van der Waals surface area contributed by atoms with Crippen LogP contribution in [0.25, 0.3) is 0 Å². The van der Waals surface area contributed by atoms with Gasteiger partial charge in [-0.25, -0.2) is 8.42 Å². The normalized spacial score (nSPS) is 11.3. The molecule has 0 atom stereocenters. The van der Waals surface area contributed by atoms with Crippen molar-refractivity contribution in [2.75, 3.05) is 27.2 Å². The zero-order valence-corrected chi connectivity index (χ0v) is 16.9. The van der Waals surface area contributed by atoms with E-state index >= 15 is 0 Å². The van der Waals surface area contributed by atoms with E-state index in [4.69, 9.17) is 16.4 Å². The molecule has 0 saturated heterocycles. The minimum atomic E-state index is -3.77. The number of halogens is 1. The predicted molar refractivity (Wildman–Crippen MR) is 105 cm³/mol. The summed E-state index contributed by atoms with van der Waals surface area (Å²) in [7, 11) is -1.26. The fourth-order valence-electron chi connectivity index (χ4n) is 2.22. The number of nitrogens with one attached hydrogen (secondary N) is 2. The van der Waals surface area contributed by atoms with Crippen LogP contribution in [0.1, 0.15) is 20.7 Å². The Bertz CT molecular complexity index is 948. The molecule has 0 bridgehead atoms. The Morgan fingerprint density at radius 2 is 1.57 bits per heavy atom. The van der Waals surface area contributed by atoms with E-state index in [9.17, 15) is 18.0 Å². The number of hydroxylamine groups is 1. The van der Waals surface area contributed by atoms with Crippen LogP contribution in [0.3, 0.4) is 0 Å². The molecule has 2 rings (SSSR count). The zero-order chi connectivity index (χ0) is 20.7. The van der Waals surface area contributed by atoms with Gasteiger partial charge in [-0.05, 0) is 36.4 Å². The summed E-state index contributed by atoms with van der Waals surface area (Å²) >= 11 is 5.95. The lowest BCUT2D eigenvalue weighted by molar-refractivity contribution is -0.0258. The first-order chi connectivity index (χ1) is 13.3. The molecule has 10 heteroatoms. The lowest BCUT2D eigenvalue weighted by Crippen LogP contribution is -2.34. The smallest absolute Gasteiger partial charge is 0.264 e. The second kappa shape index (κ2) is 9.65. The van der Waals surface area contributed by atoms with Crippen LogP contribution in [0, 0.1) is 0 Å². The van der Waals surface area contributed by atoms with Crippen molar-refractivity contribution in [3.63, 3.8) is 0 Å². The van der Waals surface area contributed by atoms with Crippen LogP contribution < -0.4 is 10.6 Å². The minimum absolute atomic E-state index is 0.000373. The average Bonchev–Trinajstić information content (AvgIpc) is 2.70. The van der Waals surface area contributed by atoms with Crippen LogP contribution in [0.15, 0.2) is 53.4 Å². The van der Waals surface area contributed by atoms with Gasteiger partial charge in [0, 0.05) is 25.7 Å². The third-order valence-electron chi connectivity index (χ3n) is 3.82. The first-order valence-corrected chi connectivity index (χ1v) is 10.0. The molecular formula is C18H20ClN3O5S. The molecular weight excluding hydrogens is 406 g/mol. The van der Waals surface area contributed by atoms with Crippen LogP contribution >= 0.6 is 11.6 Å². The molecule has 2 aromatic carbocycles. The van der Waals surface area contributed by atoms with Gasteiger partial charge in [-0.1, -0.05) is 28.2 Å². The minimum Gasteiger partial charge on any atom is -0.350 e. The molecule has 0 unspecified atom stereocenters. The Kier molecular flexibility index (Phi) is 7.53. The van der Waals surface area contributed by atoms with Gasteiger partial charge in [-0.3, -0.25) is 14.4 Å². The Morgan fingerprint density at radius 1 is 1.00 bits per heavy atom. The molecule has 28 heavy (non-hydrogen) atoms. The topological polar surface area (TPSA) is 105 Å². The molecule has 0 heterocycles. The number of rotatable bonds is 8. The van der Waals surface area contributed by atoms with E-state index < -0.39 is 15.9 Å². The van der Waals surface area contributed by atoms with Crippen LogP contribution in [0.5, 0.6) is 0 Å². The van der Waals surface area contributed by atoms with Crippen molar-refractivity contribution in [3.05, 3.63) is 64.7 Å². The Hall–Kier alpha value is -2.46. The van der Waals surface area contributed by atoms with Gasteiger partial charge in [-0.2, -0.15) is 0 Å². The van der Waals surface area contributed by atoms with Gasteiger partial charge in [0.05, 0.1) is 22.6 Å². The van der Waals surface area contributed by atoms with E-state index in [0.717, 1.165) is 4.47 Å². The van der Waals surface area contributed by atoms with Crippen molar-refractivity contribution in [1.82, 2.24) is 15.1 Å². The van der Waals surface area contributed by atoms with Crippen molar-refractivity contribution < 1.29 is 22.8 Å². The van der Waals surface area contributed by atoms with Crippen LogP contribution in [0.4, 0.5) is 0 Å². The van der Waals surface area contributed by atoms with Gasteiger partial charge < -0.3 is 10.6 Å². The first-order valence-electron chi connectivity index (χ1n) is 8.21. The van der Waals surface area contributed by atoms with Gasteiger partial charge in [0.2, 0.25) is 0 Å². The molecule has 2 amide bonds. The van der Waals surface area contributed by atoms with Crippen LogP contribution in [-0.2, 0) is 14.9 Å². The van der Waals surface area contributed by atoms with Crippen LogP contribution in [-0.4, -0.2) is 51.9 Å². The number of hydrogen-bond acceptors (Lipinski definition) is 5. The van der Waals surface area contributed by atoms with E-state index in [-0.39, 0.29) is 29.5 Å². The molecule has 8 nitrogen and oxygen atoms in total. The summed E-state index contributed by atoms with van der Waals surface area (Å²) in [6.45, 7) is 0.405. The number of benzene rings is 2. The average molecular weight is 426 g/mol. The summed E-state index contributed by atoms with van der Waals surface area (Å²) < 4.78 is 24.9. The van der Waals surface area contributed by atoms with Gasteiger partial charge >= 0.3 is 0 Å². The summed E-state index contributed by atoms with van der Waals surface area (Å²) in [5.74, 6) is -0.729. The van der Waals surface area contributed by atoms with Crippen molar-refractivity contribution in [2.24, 2.45) is 0 Å². The molecule has 0 radical (unpaired) electrons. The second-order valence-corrected chi connectivity index (χ2v) is 7.96. The second-order valence-electron chi connectivity index (χ2n) is 5.61. The van der Waals surface area contributed by atoms with E-state index in [2.05, 4.69) is 10.6 Å².